The van der Waals surface area contributed by atoms with Gasteiger partial charge in [-0.15, -0.1) is 0 Å². The molecule has 7 nitrogen and oxygen atoms in total. The Labute approximate surface area is 154 Å². The SMILES string of the molecule is Nc1ccccc1CN1C(=O)c2cccc3cc(S(=O)(=O)O)cc(c23)C1=O. The van der Waals surface area contributed by atoms with Gasteiger partial charge in [0.2, 0.25) is 0 Å². The molecule has 0 bridgehead atoms. The largest absolute Gasteiger partial charge is 0.398 e. The van der Waals surface area contributed by atoms with E-state index in [1.54, 1.807) is 42.5 Å². The van der Waals surface area contributed by atoms with Crippen LogP contribution in [-0.4, -0.2) is 29.7 Å². The van der Waals surface area contributed by atoms with Crippen molar-refractivity contribution >= 4 is 38.4 Å². The summed E-state index contributed by atoms with van der Waals surface area (Å²) in [6.45, 7) is -0.0454. The fraction of sp³-hybridized carbons (Fsp3) is 0.0526. The van der Waals surface area contributed by atoms with Crippen molar-refractivity contribution in [3.05, 3.63) is 71.3 Å². The molecule has 136 valence electrons. The van der Waals surface area contributed by atoms with Gasteiger partial charge < -0.3 is 5.73 Å². The molecule has 4 rings (SSSR count). The zero-order valence-electron chi connectivity index (χ0n) is 13.9. The maximum absolute atomic E-state index is 13.0. The molecule has 0 saturated carbocycles. The summed E-state index contributed by atoms with van der Waals surface area (Å²) < 4.78 is 32.6. The molecule has 0 unspecified atom stereocenters. The number of para-hydroxylation sites is 1. The second kappa shape index (κ2) is 5.90. The van der Waals surface area contributed by atoms with Crippen LogP contribution in [0.1, 0.15) is 26.3 Å². The highest BCUT2D eigenvalue weighted by Crippen LogP contribution is 2.33. The third-order valence-electron chi connectivity index (χ3n) is 4.58. The first-order chi connectivity index (χ1) is 12.8. The summed E-state index contributed by atoms with van der Waals surface area (Å²) in [5.74, 6) is -1.13. The summed E-state index contributed by atoms with van der Waals surface area (Å²) in [4.78, 5) is 26.5. The van der Waals surface area contributed by atoms with Gasteiger partial charge in [0.05, 0.1) is 17.0 Å². The predicted molar refractivity (Wildman–Crippen MR) is 98.8 cm³/mol. The smallest absolute Gasteiger partial charge is 0.294 e. The lowest BCUT2D eigenvalue weighted by atomic mass is 9.93. The minimum absolute atomic E-state index is 0.0454. The standard InChI is InChI=1S/C19H14N2O5S/c20-16-7-2-1-4-12(16)10-21-18(22)14-6-3-5-11-8-13(27(24,25)26)9-15(17(11)14)19(21)23/h1-9H,10,20H2,(H,24,25,26). The molecule has 0 saturated heterocycles. The van der Waals surface area contributed by atoms with Crippen molar-refractivity contribution in [2.45, 2.75) is 11.4 Å². The van der Waals surface area contributed by atoms with Crippen molar-refractivity contribution in [1.82, 2.24) is 4.90 Å². The Balaban J connectivity index is 1.92. The normalized spacial score (nSPS) is 14.0. The van der Waals surface area contributed by atoms with Crippen molar-refractivity contribution in [3.63, 3.8) is 0 Å². The van der Waals surface area contributed by atoms with E-state index in [4.69, 9.17) is 5.73 Å². The molecule has 2 amide bonds. The average molecular weight is 382 g/mol. The first kappa shape index (κ1) is 17.2. The lowest BCUT2D eigenvalue weighted by molar-refractivity contribution is 0.0598. The lowest BCUT2D eigenvalue weighted by Gasteiger charge is -2.28. The van der Waals surface area contributed by atoms with Crippen LogP contribution < -0.4 is 5.73 Å². The van der Waals surface area contributed by atoms with Crippen molar-refractivity contribution < 1.29 is 22.6 Å². The Hall–Kier alpha value is -3.23. The van der Waals surface area contributed by atoms with Gasteiger partial charge in [0, 0.05) is 16.6 Å². The molecule has 8 heteroatoms. The third-order valence-corrected chi connectivity index (χ3v) is 5.41. The van der Waals surface area contributed by atoms with E-state index in [2.05, 4.69) is 0 Å². The van der Waals surface area contributed by atoms with E-state index in [0.717, 1.165) is 11.0 Å². The molecule has 0 radical (unpaired) electrons. The van der Waals surface area contributed by atoms with E-state index in [-0.39, 0.29) is 12.1 Å². The zero-order valence-corrected chi connectivity index (χ0v) is 14.7. The van der Waals surface area contributed by atoms with E-state index >= 15 is 0 Å². The number of nitrogens with two attached hydrogens (primary N) is 1. The van der Waals surface area contributed by atoms with Crippen molar-refractivity contribution in [3.8, 4) is 0 Å². The highest BCUT2D eigenvalue weighted by atomic mass is 32.2. The number of nitrogen functional groups attached to an aromatic ring is 1. The topological polar surface area (TPSA) is 118 Å². The Bertz CT molecular complexity index is 1230. The molecule has 1 aliphatic heterocycles. The summed E-state index contributed by atoms with van der Waals surface area (Å²) in [6, 6.07) is 14.0. The number of benzene rings is 3. The summed E-state index contributed by atoms with van der Waals surface area (Å²) in [5.41, 5.74) is 7.29. The highest BCUT2D eigenvalue weighted by molar-refractivity contribution is 7.85. The number of rotatable bonds is 3. The van der Waals surface area contributed by atoms with Gasteiger partial charge in [-0.25, -0.2) is 0 Å². The van der Waals surface area contributed by atoms with Gasteiger partial charge in [-0.2, -0.15) is 8.42 Å². The van der Waals surface area contributed by atoms with Gasteiger partial charge in [0.25, 0.3) is 21.9 Å². The molecule has 3 N–H and O–H groups in total. The first-order valence-corrected chi connectivity index (χ1v) is 9.45. The van der Waals surface area contributed by atoms with Crippen LogP contribution in [0, 0.1) is 0 Å². The van der Waals surface area contributed by atoms with E-state index in [0.29, 0.717) is 27.6 Å². The molecular formula is C19H14N2O5S. The number of hydrogen-bond donors (Lipinski definition) is 2. The van der Waals surface area contributed by atoms with Gasteiger partial charge in [0.15, 0.2) is 0 Å². The molecule has 1 aliphatic rings. The Kier molecular flexibility index (Phi) is 3.76. The van der Waals surface area contributed by atoms with Crippen LogP contribution in [0.2, 0.25) is 0 Å². The van der Waals surface area contributed by atoms with E-state index < -0.39 is 26.8 Å². The van der Waals surface area contributed by atoms with Crippen molar-refractivity contribution in [1.29, 1.82) is 0 Å². The fourth-order valence-corrected chi connectivity index (χ4v) is 3.81. The number of nitrogens with zero attached hydrogens (tertiary/aromatic N) is 1. The number of carbonyl (C=O) groups is 2. The van der Waals surface area contributed by atoms with Crippen LogP contribution in [-0.2, 0) is 16.7 Å². The van der Waals surface area contributed by atoms with E-state index in [1.165, 1.54) is 6.07 Å². The molecule has 0 atom stereocenters. The maximum atomic E-state index is 13.0. The Morgan fingerprint density at radius 1 is 0.926 bits per heavy atom. The highest BCUT2D eigenvalue weighted by Gasteiger charge is 2.34. The molecule has 3 aromatic carbocycles. The number of carbonyl (C=O) groups excluding carboxylic acids is 2. The second-order valence-corrected chi connectivity index (χ2v) is 7.67. The van der Waals surface area contributed by atoms with Crippen molar-refractivity contribution in [2.24, 2.45) is 0 Å². The van der Waals surface area contributed by atoms with Gasteiger partial charge in [-0.3, -0.25) is 19.0 Å². The Morgan fingerprint density at radius 3 is 2.33 bits per heavy atom. The number of hydrogen-bond acceptors (Lipinski definition) is 5. The summed E-state index contributed by atoms with van der Waals surface area (Å²) in [6.07, 6.45) is 0. The van der Waals surface area contributed by atoms with Crippen LogP contribution in [0.5, 0.6) is 0 Å². The number of amides is 2. The number of anilines is 1. The fourth-order valence-electron chi connectivity index (χ4n) is 3.27. The average Bonchev–Trinajstić information content (AvgIpc) is 2.63. The van der Waals surface area contributed by atoms with Crippen LogP contribution in [0.4, 0.5) is 5.69 Å². The zero-order chi connectivity index (χ0) is 19.3. The summed E-state index contributed by atoms with van der Waals surface area (Å²) in [7, 11) is -4.51. The predicted octanol–water partition coefficient (Wildman–Crippen LogP) is 2.46. The maximum Gasteiger partial charge on any atom is 0.294 e. The quantitative estimate of drug-likeness (QED) is 0.408. The van der Waals surface area contributed by atoms with Gasteiger partial charge in [0.1, 0.15) is 0 Å². The third kappa shape index (κ3) is 2.75. The van der Waals surface area contributed by atoms with Crippen LogP contribution in [0.3, 0.4) is 0 Å². The second-order valence-electron chi connectivity index (χ2n) is 6.24. The minimum Gasteiger partial charge on any atom is -0.398 e. The molecule has 0 aromatic heterocycles. The van der Waals surface area contributed by atoms with Crippen LogP contribution in [0.25, 0.3) is 10.8 Å². The number of imide groups is 1. The van der Waals surface area contributed by atoms with E-state index in [9.17, 15) is 22.6 Å². The molecule has 1 heterocycles. The molecule has 0 spiro atoms. The molecule has 0 fully saturated rings. The lowest BCUT2D eigenvalue weighted by Crippen LogP contribution is -2.40. The molecular weight excluding hydrogens is 368 g/mol. The van der Waals surface area contributed by atoms with Gasteiger partial charge in [-0.1, -0.05) is 30.3 Å². The minimum atomic E-state index is -4.51. The first-order valence-electron chi connectivity index (χ1n) is 8.01. The van der Waals surface area contributed by atoms with Gasteiger partial charge >= 0.3 is 0 Å². The summed E-state index contributed by atoms with van der Waals surface area (Å²) in [5, 5.41) is 0.760. The van der Waals surface area contributed by atoms with Gasteiger partial charge in [-0.05, 0) is 35.2 Å². The molecule has 0 aliphatic carbocycles. The van der Waals surface area contributed by atoms with Crippen LogP contribution in [0.15, 0.2) is 59.5 Å². The molecule has 27 heavy (non-hydrogen) atoms. The summed E-state index contributed by atoms with van der Waals surface area (Å²) >= 11 is 0. The molecule has 3 aromatic rings. The van der Waals surface area contributed by atoms with Crippen LogP contribution >= 0.6 is 0 Å². The van der Waals surface area contributed by atoms with Crippen molar-refractivity contribution in [2.75, 3.05) is 5.73 Å². The van der Waals surface area contributed by atoms with E-state index in [1.807, 2.05) is 0 Å². The monoisotopic (exact) mass is 382 g/mol. The Morgan fingerprint density at radius 2 is 1.63 bits per heavy atom.